The molecule has 1 aromatic heterocycles. The highest BCUT2D eigenvalue weighted by molar-refractivity contribution is 6.00. The lowest BCUT2D eigenvalue weighted by Crippen LogP contribution is -2.46. The van der Waals surface area contributed by atoms with Crippen LogP contribution >= 0.6 is 12.4 Å². The number of amides is 1. The highest BCUT2D eigenvalue weighted by atomic mass is 35.5. The largest absolute Gasteiger partial charge is 0.435 e. The molecule has 2 aliphatic rings. The monoisotopic (exact) mass is 335 g/mol. The summed E-state index contributed by atoms with van der Waals surface area (Å²) in [4.78, 5) is 17.3. The third-order valence-corrected chi connectivity index (χ3v) is 4.33. The second kappa shape index (κ2) is 6.04. The zero-order valence-corrected chi connectivity index (χ0v) is 12.6. The standard InChI is InChI=1S/C14H16F3N3O.ClH/c15-14(16,17)11-10(3-1-7-19-11)20-8-5-13(12(20)21)4-2-6-18-9-13;/h1,3,7,18H,2,4-6,8-9H2;1H. The van der Waals surface area contributed by atoms with Gasteiger partial charge in [0.25, 0.3) is 0 Å². The molecule has 0 bridgehead atoms. The maximum Gasteiger partial charge on any atom is 0.435 e. The summed E-state index contributed by atoms with van der Waals surface area (Å²) in [6, 6.07) is 2.75. The van der Waals surface area contributed by atoms with E-state index in [1.54, 1.807) is 0 Å². The number of piperidine rings is 1. The Bertz CT molecular complexity index is 559. The lowest BCUT2D eigenvalue weighted by Gasteiger charge is -2.32. The maximum atomic E-state index is 13.0. The summed E-state index contributed by atoms with van der Waals surface area (Å²) in [6.07, 6.45) is -1.26. The van der Waals surface area contributed by atoms with E-state index in [1.165, 1.54) is 17.0 Å². The van der Waals surface area contributed by atoms with Crippen LogP contribution in [0.5, 0.6) is 0 Å². The average molecular weight is 336 g/mol. The molecule has 0 aliphatic carbocycles. The predicted octanol–water partition coefficient (Wildman–Crippen LogP) is 2.63. The number of hydrogen-bond acceptors (Lipinski definition) is 3. The van der Waals surface area contributed by atoms with Crippen molar-refractivity contribution >= 4 is 24.0 Å². The van der Waals surface area contributed by atoms with Crippen molar-refractivity contribution in [3.8, 4) is 0 Å². The molecule has 8 heteroatoms. The van der Waals surface area contributed by atoms with Crippen molar-refractivity contribution in [2.24, 2.45) is 5.41 Å². The topological polar surface area (TPSA) is 45.2 Å². The molecule has 1 N–H and O–H groups in total. The number of hydrogen-bond donors (Lipinski definition) is 1. The van der Waals surface area contributed by atoms with E-state index < -0.39 is 17.3 Å². The molecule has 4 nitrogen and oxygen atoms in total. The first kappa shape index (κ1) is 17.0. The van der Waals surface area contributed by atoms with Gasteiger partial charge in [0.1, 0.15) is 0 Å². The zero-order chi connectivity index (χ0) is 15.1. The Balaban J connectivity index is 0.00000176. The molecule has 2 fully saturated rings. The number of anilines is 1. The fraction of sp³-hybridized carbons (Fsp3) is 0.571. The van der Waals surface area contributed by atoms with Gasteiger partial charge in [-0.25, -0.2) is 4.98 Å². The molecule has 3 rings (SSSR count). The van der Waals surface area contributed by atoms with Crippen molar-refractivity contribution in [2.75, 3.05) is 24.5 Å². The summed E-state index contributed by atoms with van der Waals surface area (Å²) >= 11 is 0. The highest BCUT2D eigenvalue weighted by Gasteiger charge is 2.49. The zero-order valence-electron chi connectivity index (χ0n) is 11.8. The smallest absolute Gasteiger partial charge is 0.316 e. The van der Waals surface area contributed by atoms with Crippen LogP contribution in [0, 0.1) is 5.41 Å². The number of aromatic nitrogens is 1. The van der Waals surface area contributed by atoms with E-state index in [-0.39, 0.29) is 24.0 Å². The predicted molar refractivity (Wildman–Crippen MR) is 78.0 cm³/mol. The maximum absolute atomic E-state index is 13.0. The molecule has 122 valence electrons. The lowest BCUT2D eigenvalue weighted by atomic mass is 9.79. The Morgan fingerprint density at radius 2 is 2.09 bits per heavy atom. The van der Waals surface area contributed by atoms with E-state index in [0.29, 0.717) is 19.5 Å². The van der Waals surface area contributed by atoms with E-state index in [0.717, 1.165) is 25.6 Å². The number of carbonyl (C=O) groups excluding carboxylic acids is 1. The lowest BCUT2D eigenvalue weighted by molar-refractivity contribution is -0.140. The average Bonchev–Trinajstić information content (AvgIpc) is 2.76. The van der Waals surface area contributed by atoms with E-state index in [4.69, 9.17) is 0 Å². The van der Waals surface area contributed by atoms with Crippen molar-refractivity contribution in [3.63, 3.8) is 0 Å². The number of nitrogens with zero attached hydrogens (tertiary/aromatic N) is 2. The molecule has 1 amide bonds. The second-order valence-corrected chi connectivity index (χ2v) is 5.64. The van der Waals surface area contributed by atoms with E-state index >= 15 is 0 Å². The first-order valence-corrected chi connectivity index (χ1v) is 6.99. The van der Waals surface area contributed by atoms with Crippen LogP contribution in [0.4, 0.5) is 18.9 Å². The molecule has 22 heavy (non-hydrogen) atoms. The van der Waals surface area contributed by atoms with Gasteiger partial charge in [-0.15, -0.1) is 12.4 Å². The number of halogens is 4. The number of carbonyl (C=O) groups is 1. The molecular formula is C14H17ClF3N3O. The third kappa shape index (κ3) is 2.79. The van der Waals surface area contributed by atoms with Gasteiger partial charge in [0.15, 0.2) is 5.69 Å². The molecule has 2 aliphatic heterocycles. The first-order valence-electron chi connectivity index (χ1n) is 6.99. The van der Waals surface area contributed by atoms with Gasteiger partial charge in [-0.2, -0.15) is 13.2 Å². The Hall–Kier alpha value is -1.34. The molecule has 2 saturated heterocycles. The van der Waals surface area contributed by atoms with Gasteiger partial charge >= 0.3 is 6.18 Å². The molecule has 0 aromatic carbocycles. The van der Waals surface area contributed by atoms with Gasteiger partial charge in [0.05, 0.1) is 11.1 Å². The van der Waals surface area contributed by atoms with Gasteiger partial charge in [-0.05, 0) is 37.9 Å². The van der Waals surface area contributed by atoms with E-state index in [1.807, 2.05) is 0 Å². The van der Waals surface area contributed by atoms with Gasteiger partial charge < -0.3 is 10.2 Å². The van der Waals surface area contributed by atoms with Crippen molar-refractivity contribution in [2.45, 2.75) is 25.4 Å². The van der Waals surface area contributed by atoms with Crippen molar-refractivity contribution in [1.29, 1.82) is 0 Å². The van der Waals surface area contributed by atoms with Crippen LogP contribution in [0.15, 0.2) is 18.3 Å². The van der Waals surface area contributed by atoms with Crippen molar-refractivity contribution < 1.29 is 18.0 Å². The van der Waals surface area contributed by atoms with E-state index in [2.05, 4.69) is 10.3 Å². The van der Waals surface area contributed by atoms with Gasteiger partial charge in [0.2, 0.25) is 5.91 Å². The molecule has 1 unspecified atom stereocenters. The Morgan fingerprint density at radius 3 is 2.73 bits per heavy atom. The Morgan fingerprint density at radius 1 is 1.32 bits per heavy atom. The molecule has 1 atom stereocenters. The normalized spacial score (nSPS) is 25.4. The van der Waals surface area contributed by atoms with Crippen LogP contribution in [0.1, 0.15) is 25.0 Å². The summed E-state index contributed by atoms with van der Waals surface area (Å²) in [7, 11) is 0. The van der Waals surface area contributed by atoms with Gasteiger partial charge in [0, 0.05) is 19.3 Å². The summed E-state index contributed by atoms with van der Waals surface area (Å²) in [5.74, 6) is -0.215. The number of rotatable bonds is 1. The summed E-state index contributed by atoms with van der Waals surface area (Å²) < 4.78 is 39.1. The van der Waals surface area contributed by atoms with Crippen molar-refractivity contribution in [3.05, 3.63) is 24.0 Å². The molecule has 1 spiro atoms. The molecule has 0 radical (unpaired) electrons. The van der Waals surface area contributed by atoms with Crippen LogP contribution < -0.4 is 10.2 Å². The van der Waals surface area contributed by atoms with Crippen LogP contribution in [-0.4, -0.2) is 30.5 Å². The Labute approximate surface area is 132 Å². The first-order chi connectivity index (χ1) is 9.94. The molecule has 0 saturated carbocycles. The van der Waals surface area contributed by atoms with Gasteiger partial charge in [-0.1, -0.05) is 0 Å². The summed E-state index contributed by atoms with van der Waals surface area (Å²) in [5.41, 5.74) is -1.66. The number of pyridine rings is 1. The third-order valence-electron chi connectivity index (χ3n) is 4.33. The minimum Gasteiger partial charge on any atom is -0.316 e. The quantitative estimate of drug-likeness (QED) is 0.858. The second-order valence-electron chi connectivity index (χ2n) is 5.64. The van der Waals surface area contributed by atoms with Crippen LogP contribution in [0.3, 0.4) is 0 Å². The summed E-state index contributed by atoms with van der Waals surface area (Å²) in [6.45, 7) is 1.72. The number of nitrogens with one attached hydrogen (secondary N) is 1. The highest BCUT2D eigenvalue weighted by Crippen LogP contribution is 2.42. The fourth-order valence-electron chi connectivity index (χ4n) is 3.25. The van der Waals surface area contributed by atoms with Gasteiger partial charge in [-0.3, -0.25) is 4.79 Å². The summed E-state index contributed by atoms with van der Waals surface area (Å²) in [5, 5.41) is 3.18. The van der Waals surface area contributed by atoms with Crippen molar-refractivity contribution in [1.82, 2.24) is 10.3 Å². The van der Waals surface area contributed by atoms with Crippen LogP contribution in [-0.2, 0) is 11.0 Å². The Kier molecular flexibility index (Phi) is 4.67. The van der Waals surface area contributed by atoms with Crippen LogP contribution in [0.25, 0.3) is 0 Å². The molecule has 1 aromatic rings. The minimum atomic E-state index is -4.56. The molecule has 3 heterocycles. The SMILES string of the molecule is Cl.O=C1N(c2cccnc2C(F)(F)F)CCC12CCCNC2. The van der Waals surface area contributed by atoms with Crippen LogP contribution in [0.2, 0.25) is 0 Å². The minimum absolute atomic E-state index is 0. The van der Waals surface area contributed by atoms with E-state index in [9.17, 15) is 18.0 Å². The molecular weight excluding hydrogens is 319 g/mol. The fourth-order valence-corrected chi connectivity index (χ4v) is 3.25. The number of alkyl halides is 3.